The lowest BCUT2D eigenvalue weighted by Gasteiger charge is -2.16. The minimum Gasteiger partial charge on any atom is -0.494 e. The number of benzene rings is 2. The van der Waals surface area contributed by atoms with Gasteiger partial charge >= 0.3 is 0 Å². The molecule has 0 radical (unpaired) electrons. The zero-order chi connectivity index (χ0) is 14.7. The molecule has 2 N–H and O–H groups in total. The predicted molar refractivity (Wildman–Crippen MR) is 85.4 cm³/mol. The molecule has 5 heteroatoms. The van der Waals surface area contributed by atoms with Crippen LogP contribution < -0.4 is 10.5 Å². The topological polar surface area (TPSA) is 35.2 Å². The summed E-state index contributed by atoms with van der Waals surface area (Å²) in [5.41, 5.74) is 7.81. The zero-order valence-corrected chi connectivity index (χ0v) is 14.0. The van der Waals surface area contributed by atoms with Gasteiger partial charge in [-0.3, -0.25) is 0 Å². The molecule has 20 heavy (non-hydrogen) atoms. The molecule has 0 aromatic heterocycles. The van der Waals surface area contributed by atoms with Gasteiger partial charge < -0.3 is 10.5 Å². The first-order valence-electron chi connectivity index (χ1n) is 6.15. The average Bonchev–Trinajstić information content (AvgIpc) is 2.42. The van der Waals surface area contributed by atoms with Crippen molar-refractivity contribution in [1.82, 2.24) is 0 Å². The van der Waals surface area contributed by atoms with Crippen LogP contribution in [0, 0.1) is 5.82 Å². The molecule has 0 aliphatic rings. The number of nitrogens with two attached hydrogens (primary N) is 1. The van der Waals surface area contributed by atoms with Gasteiger partial charge in [0.2, 0.25) is 0 Å². The van der Waals surface area contributed by atoms with Crippen LogP contribution in [0.2, 0.25) is 0 Å². The summed E-state index contributed by atoms with van der Waals surface area (Å²) in [6.45, 7) is 2.54. The second kappa shape index (κ2) is 6.70. The van der Waals surface area contributed by atoms with Gasteiger partial charge in [-0.1, -0.05) is 28.1 Å². The maximum atomic E-state index is 13.6. The molecule has 0 amide bonds. The van der Waals surface area contributed by atoms with Crippen molar-refractivity contribution in [3.05, 3.63) is 62.3 Å². The normalized spacial score (nSPS) is 12.2. The maximum Gasteiger partial charge on any atom is 0.137 e. The van der Waals surface area contributed by atoms with E-state index in [2.05, 4.69) is 31.9 Å². The van der Waals surface area contributed by atoms with E-state index >= 15 is 0 Å². The molecule has 0 fully saturated rings. The van der Waals surface area contributed by atoms with Crippen LogP contribution in [0.1, 0.15) is 24.1 Å². The van der Waals surface area contributed by atoms with Crippen molar-refractivity contribution < 1.29 is 9.13 Å². The number of halogens is 3. The summed E-state index contributed by atoms with van der Waals surface area (Å²) < 4.78 is 20.3. The predicted octanol–water partition coefficient (Wildman–Crippen LogP) is 4.80. The quantitative estimate of drug-likeness (QED) is 0.797. The second-order valence-corrected chi connectivity index (χ2v) is 5.98. The van der Waals surface area contributed by atoms with Gasteiger partial charge in [0.15, 0.2) is 0 Å². The monoisotopic (exact) mass is 401 g/mol. The van der Waals surface area contributed by atoms with Crippen LogP contribution in [-0.4, -0.2) is 6.61 Å². The van der Waals surface area contributed by atoms with Gasteiger partial charge in [0.25, 0.3) is 0 Å². The third kappa shape index (κ3) is 3.40. The molecule has 0 saturated heterocycles. The Kier molecular flexibility index (Phi) is 5.18. The lowest BCUT2D eigenvalue weighted by atomic mass is 9.99. The summed E-state index contributed by atoms with van der Waals surface area (Å²) in [6.07, 6.45) is 0. The van der Waals surface area contributed by atoms with Gasteiger partial charge in [-0.25, -0.2) is 4.39 Å². The van der Waals surface area contributed by atoms with Crippen molar-refractivity contribution in [3.63, 3.8) is 0 Å². The highest BCUT2D eigenvalue weighted by Crippen LogP contribution is 2.31. The smallest absolute Gasteiger partial charge is 0.137 e. The summed E-state index contributed by atoms with van der Waals surface area (Å²) in [6, 6.07) is 10.1. The highest BCUT2D eigenvalue weighted by atomic mass is 79.9. The van der Waals surface area contributed by atoms with E-state index in [0.717, 1.165) is 21.3 Å². The van der Waals surface area contributed by atoms with Gasteiger partial charge in [0.1, 0.15) is 11.6 Å². The Morgan fingerprint density at radius 1 is 1.15 bits per heavy atom. The number of hydrogen-bond donors (Lipinski definition) is 1. The molecule has 2 aromatic rings. The molecule has 0 saturated carbocycles. The van der Waals surface area contributed by atoms with Crippen LogP contribution in [0.15, 0.2) is 45.3 Å². The molecule has 106 valence electrons. The molecule has 2 aromatic carbocycles. The molecule has 0 aliphatic heterocycles. The molecule has 0 heterocycles. The summed E-state index contributed by atoms with van der Waals surface area (Å²) in [4.78, 5) is 0. The SMILES string of the molecule is CCOc1ccc(C(N)c2ccc(Br)c(F)c2)c(Br)c1. The molecular formula is C15H14Br2FNO. The van der Waals surface area contributed by atoms with Crippen molar-refractivity contribution in [3.8, 4) is 5.75 Å². The third-order valence-electron chi connectivity index (χ3n) is 2.92. The minimum atomic E-state index is -0.400. The van der Waals surface area contributed by atoms with Crippen LogP contribution in [0.4, 0.5) is 4.39 Å². The van der Waals surface area contributed by atoms with Crippen molar-refractivity contribution in [2.24, 2.45) is 5.73 Å². The van der Waals surface area contributed by atoms with E-state index in [1.165, 1.54) is 6.07 Å². The Hall–Kier alpha value is -0.910. The molecule has 1 atom stereocenters. The Balaban J connectivity index is 2.32. The van der Waals surface area contributed by atoms with Crippen molar-refractivity contribution in [2.75, 3.05) is 6.61 Å². The fourth-order valence-electron chi connectivity index (χ4n) is 1.90. The van der Waals surface area contributed by atoms with Gasteiger partial charge in [-0.05, 0) is 58.2 Å². The van der Waals surface area contributed by atoms with Gasteiger partial charge in [0.05, 0.1) is 17.1 Å². The van der Waals surface area contributed by atoms with Gasteiger partial charge in [0, 0.05) is 4.47 Å². The van der Waals surface area contributed by atoms with Gasteiger partial charge in [-0.15, -0.1) is 0 Å². The highest BCUT2D eigenvalue weighted by molar-refractivity contribution is 9.10. The van der Waals surface area contributed by atoms with E-state index in [0.29, 0.717) is 11.1 Å². The summed E-state index contributed by atoms with van der Waals surface area (Å²) in [5.74, 6) is 0.456. The Morgan fingerprint density at radius 2 is 1.90 bits per heavy atom. The van der Waals surface area contributed by atoms with Crippen molar-refractivity contribution in [2.45, 2.75) is 13.0 Å². The minimum absolute atomic E-state index is 0.319. The van der Waals surface area contributed by atoms with Crippen LogP contribution >= 0.6 is 31.9 Å². The largest absolute Gasteiger partial charge is 0.494 e. The van der Waals surface area contributed by atoms with E-state index < -0.39 is 6.04 Å². The van der Waals surface area contributed by atoms with E-state index in [4.69, 9.17) is 10.5 Å². The Bertz CT molecular complexity index is 619. The third-order valence-corrected chi connectivity index (χ3v) is 4.25. The van der Waals surface area contributed by atoms with E-state index in [1.807, 2.05) is 25.1 Å². The standard InChI is InChI=1S/C15H14Br2FNO/c1-2-20-10-4-5-11(13(17)8-10)15(19)9-3-6-12(16)14(18)7-9/h3-8,15H,2,19H2,1H3. The molecule has 0 aliphatic carbocycles. The average molecular weight is 403 g/mol. The summed E-state index contributed by atoms with van der Waals surface area (Å²) >= 11 is 6.62. The zero-order valence-electron chi connectivity index (χ0n) is 10.9. The number of rotatable bonds is 4. The van der Waals surface area contributed by atoms with E-state index in [1.54, 1.807) is 12.1 Å². The first kappa shape index (κ1) is 15.5. The van der Waals surface area contributed by atoms with Crippen LogP contribution in [0.3, 0.4) is 0 Å². The number of hydrogen-bond acceptors (Lipinski definition) is 2. The lowest BCUT2D eigenvalue weighted by molar-refractivity contribution is 0.340. The maximum absolute atomic E-state index is 13.6. The fraction of sp³-hybridized carbons (Fsp3) is 0.200. The van der Waals surface area contributed by atoms with Crippen LogP contribution in [0.5, 0.6) is 5.75 Å². The summed E-state index contributed by atoms with van der Waals surface area (Å²) in [7, 11) is 0. The van der Waals surface area contributed by atoms with Crippen molar-refractivity contribution >= 4 is 31.9 Å². The molecule has 0 bridgehead atoms. The molecule has 2 rings (SSSR count). The number of ether oxygens (including phenoxy) is 1. The molecule has 1 unspecified atom stereocenters. The Morgan fingerprint density at radius 3 is 2.50 bits per heavy atom. The van der Waals surface area contributed by atoms with E-state index in [-0.39, 0.29) is 5.82 Å². The molecule has 2 nitrogen and oxygen atoms in total. The fourth-order valence-corrected chi connectivity index (χ4v) is 2.75. The van der Waals surface area contributed by atoms with E-state index in [9.17, 15) is 4.39 Å². The lowest BCUT2D eigenvalue weighted by Crippen LogP contribution is -2.13. The van der Waals surface area contributed by atoms with Gasteiger partial charge in [-0.2, -0.15) is 0 Å². The highest BCUT2D eigenvalue weighted by Gasteiger charge is 2.14. The molecular weight excluding hydrogens is 389 g/mol. The Labute approximate surface area is 134 Å². The van der Waals surface area contributed by atoms with Crippen LogP contribution in [0.25, 0.3) is 0 Å². The van der Waals surface area contributed by atoms with Crippen LogP contribution in [-0.2, 0) is 0 Å². The summed E-state index contributed by atoms with van der Waals surface area (Å²) in [5, 5.41) is 0. The second-order valence-electron chi connectivity index (χ2n) is 4.27. The molecule has 0 spiro atoms. The first-order chi connectivity index (χ1) is 9.52. The van der Waals surface area contributed by atoms with Crippen molar-refractivity contribution in [1.29, 1.82) is 0 Å². The first-order valence-corrected chi connectivity index (χ1v) is 7.74.